The van der Waals surface area contributed by atoms with E-state index < -0.39 is 5.97 Å². The highest BCUT2D eigenvalue weighted by Gasteiger charge is 2.17. The fourth-order valence-corrected chi connectivity index (χ4v) is 1.90. The molecule has 1 aromatic heterocycles. The Labute approximate surface area is 96.5 Å². The lowest BCUT2D eigenvalue weighted by molar-refractivity contribution is -0.692. The fraction of sp³-hybridized carbons (Fsp3) is 0.667. The van der Waals surface area contributed by atoms with Crippen LogP contribution in [0.15, 0.2) is 12.4 Å². The number of rotatable bonds is 7. The first-order valence-corrected chi connectivity index (χ1v) is 5.98. The summed E-state index contributed by atoms with van der Waals surface area (Å²) in [6.45, 7) is 5.21. The molecule has 0 aromatic carbocycles. The molecule has 1 rings (SSSR count). The van der Waals surface area contributed by atoms with Crippen molar-refractivity contribution >= 4 is 5.97 Å². The van der Waals surface area contributed by atoms with Gasteiger partial charge in [0, 0.05) is 6.42 Å². The molecule has 0 radical (unpaired) electrons. The monoisotopic (exact) mass is 225 g/mol. The first-order chi connectivity index (χ1) is 7.69. The Morgan fingerprint density at radius 1 is 1.44 bits per heavy atom. The third kappa shape index (κ3) is 3.36. The molecule has 1 N–H and O–H groups in total. The van der Waals surface area contributed by atoms with Crippen LogP contribution in [0.2, 0.25) is 0 Å². The van der Waals surface area contributed by atoms with Crippen molar-refractivity contribution in [2.75, 3.05) is 0 Å². The van der Waals surface area contributed by atoms with E-state index in [1.807, 2.05) is 17.0 Å². The van der Waals surface area contributed by atoms with E-state index in [2.05, 4.69) is 18.4 Å². The third-order valence-corrected chi connectivity index (χ3v) is 2.74. The molecule has 0 aliphatic heterocycles. The van der Waals surface area contributed by atoms with Gasteiger partial charge in [0.15, 0.2) is 6.54 Å². The summed E-state index contributed by atoms with van der Waals surface area (Å²) in [5.41, 5.74) is 0. The molecular weight excluding hydrogens is 204 g/mol. The van der Waals surface area contributed by atoms with E-state index in [1.54, 1.807) is 0 Å². The van der Waals surface area contributed by atoms with Crippen LogP contribution in [0.5, 0.6) is 0 Å². The van der Waals surface area contributed by atoms with Crippen LogP contribution < -0.4 is 4.57 Å². The van der Waals surface area contributed by atoms with Gasteiger partial charge >= 0.3 is 5.97 Å². The van der Waals surface area contributed by atoms with E-state index >= 15 is 0 Å². The van der Waals surface area contributed by atoms with Crippen LogP contribution in [0, 0.1) is 0 Å². The Morgan fingerprint density at radius 3 is 2.75 bits per heavy atom. The zero-order chi connectivity index (χ0) is 12.0. The fourth-order valence-electron chi connectivity index (χ4n) is 1.90. The Bertz CT molecular complexity index is 345. The van der Waals surface area contributed by atoms with Crippen molar-refractivity contribution in [2.45, 2.75) is 52.6 Å². The topological polar surface area (TPSA) is 46.1 Å². The summed E-state index contributed by atoms with van der Waals surface area (Å²) in [4.78, 5) is 10.7. The predicted octanol–water partition coefficient (Wildman–Crippen LogP) is 1.61. The molecule has 0 aliphatic rings. The van der Waals surface area contributed by atoms with E-state index in [1.165, 1.54) is 12.8 Å². The highest BCUT2D eigenvalue weighted by atomic mass is 16.4. The number of hydrogen-bond acceptors (Lipinski definition) is 1. The van der Waals surface area contributed by atoms with Gasteiger partial charge in [0.2, 0.25) is 0 Å². The minimum absolute atomic E-state index is 0.0639. The number of unbranched alkanes of at least 4 members (excludes halogenated alkanes) is 2. The summed E-state index contributed by atoms with van der Waals surface area (Å²) in [5, 5.41) is 8.81. The summed E-state index contributed by atoms with van der Waals surface area (Å²) < 4.78 is 3.96. The van der Waals surface area contributed by atoms with Gasteiger partial charge in [-0.15, -0.1) is 0 Å². The summed E-state index contributed by atoms with van der Waals surface area (Å²) in [6, 6.07) is 0. The van der Waals surface area contributed by atoms with Gasteiger partial charge in [-0.25, -0.2) is 13.9 Å². The van der Waals surface area contributed by atoms with Gasteiger partial charge in [0.25, 0.3) is 5.82 Å². The molecule has 0 atom stereocenters. The van der Waals surface area contributed by atoms with Gasteiger partial charge in [-0.2, -0.15) is 0 Å². The van der Waals surface area contributed by atoms with Crippen molar-refractivity contribution in [3.63, 3.8) is 0 Å². The van der Waals surface area contributed by atoms with Crippen LogP contribution in [0.1, 0.15) is 38.9 Å². The van der Waals surface area contributed by atoms with Crippen LogP contribution in [-0.4, -0.2) is 15.6 Å². The largest absolute Gasteiger partial charge is 0.478 e. The first kappa shape index (κ1) is 12.7. The molecular formula is C12H21N2O2+. The molecule has 1 heterocycles. The van der Waals surface area contributed by atoms with Gasteiger partial charge in [-0.1, -0.05) is 19.8 Å². The lowest BCUT2D eigenvalue weighted by Gasteiger charge is -2.01. The normalized spacial score (nSPS) is 10.6. The molecule has 0 spiro atoms. The summed E-state index contributed by atoms with van der Waals surface area (Å²) >= 11 is 0. The smallest absolute Gasteiger partial charge is 0.346 e. The summed E-state index contributed by atoms with van der Waals surface area (Å²) in [6.07, 6.45) is 8.29. The number of carbonyl (C=O) groups is 1. The number of carboxylic acid groups (broad SMARTS) is 1. The minimum atomic E-state index is -0.782. The number of aromatic nitrogens is 2. The molecule has 16 heavy (non-hydrogen) atoms. The van der Waals surface area contributed by atoms with Crippen molar-refractivity contribution in [3.8, 4) is 0 Å². The molecule has 90 valence electrons. The number of hydrogen-bond donors (Lipinski definition) is 1. The molecule has 0 amide bonds. The Balaban J connectivity index is 2.74. The highest BCUT2D eigenvalue weighted by Crippen LogP contribution is 2.04. The lowest BCUT2D eigenvalue weighted by Crippen LogP contribution is -2.40. The second kappa shape index (κ2) is 6.30. The molecule has 0 saturated carbocycles. The molecule has 0 saturated heterocycles. The first-order valence-electron chi connectivity index (χ1n) is 5.98. The molecule has 4 heteroatoms. The zero-order valence-electron chi connectivity index (χ0n) is 10.1. The zero-order valence-corrected chi connectivity index (χ0v) is 10.1. The molecule has 4 nitrogen and oxygen atoms in total. The number of imidazole rings is 1. The Kier molecular flexibility index (Phi) is 5.02. The molecule has 0 aliphatic carbocycles. The van der Waals surface area contributed by atoms with Crippen molar-refractivity contribution < 1.29 is 14.5 Å². The maximum absolute atomic E-state index is 10.7. The van der Waals surface area contributed by atoms with Gasteiger partial charge in [0.1, 0.15) is 12.4 Å². The van der Waals surface area contributed by atoms with E-state index in [4.69, 9.17) is 5.11 Å². The van der Waals surface area contributed by atoms with Crippen LogP contribution in [0.4, 0.5) is 0 Å². The predicted molar refractivity (Wildman–Crippen MR) is 61.2 cm³/mol. The highest BCUT2D eigenvalue weighted by molar-refractivity contribution is 5.64. The quantitative estimate of drug-likeness (QED) is 0.566. The van der Waals surface area contributed by atoms with Crippen molar-refractivity contribution in [1.29, 1.82) is 0 Å². The molecule has 1 aromatic rings. The average Bonchev–Trinajstić information content (AvgIpc) is 2.61. The minimum Gasteiger partial charge on any atom is -0.478 e. The van der Waals surface area contributed by atoms with Gasteiger partial charge in [-0.05, 0) is 13.3 Å². The summed E-state index contributed by atoms with van der Waals surface area (Å²) in [7, 11) is 0. The average molecular weight is 225 g/mol. The van der Waals surface area contributed by atoms with Crippen LogP contribution in [0.3, 0.4) is 0 Å². The second-order valence-electron chi connectivity index (χ2n) is 3.98. The van der Waals surface area contributed by atoms with Gasteiger partial charge in [0.05, 0.1) is 6.54 Å². The molecule has 0 bridgehead atoms. The van der Waals surface area contributed by atoms with E-state index in [0.29, 0.717) is 0 Å². The third-order valence-electron chi connectivity index (χ3n) is 2.74. The van der Waals surface area contributed by atoms with Crippen molar-refractivity contribution in [3.05, 3.63) is 18.2 Å². The van der Waals surface area contributed by atoms with Crippen LogP contribution in [0.25, 0.3) is 0 Å². The summed E-state index contributed by atoms with van der Waals surface area (Å²) in [5.74, 6) is 0.342. The van der Waals surface area contributed by atoms with Crippen LogP contribution >= 0.6 is 0 Å². The van der Waals surface area contributed by atoms with Crippen LogP contribution in [-0.2, 0) is 24.3 Å². The maximum atomic E-state index is 10.7. The number of aliphatic carboxylic acids is 1. The van der Waals surface area contributed by atoms with Gasteiger partial charge < -0.3 is 5.11 Å². The Hall–Kier alpha value is -1.32. The molecule has 0 unspecified atom stereocenters. The van der Waals surface area contributed by atoms with Crippen molar-refractivity contribution in [2.24, 2.45) is 0 Å². The molecule has 0 fully saturated rings. The number of carboxylic acids is 1. The van der Waals surface area contributed by atoms with Crippen molar-refractivity contribution in [1.82, 2.24) is 4.57 Å². The number of aryl methyl sites for hydroxylation is 1. The van der Waals surface area contributed by atoms with Gasteiger partial charge in [-0.3, -0.25) is 0 Å². The lowest BCUT2D eigenvalue weighted by atomic mass is 10.2. The standard InChI is InChI=1S/C12H20N2O2/c1-3-5-6-7-11-13(4-2)8-9-14(11)10-12(15)16/h8-9H,3-7,10H2,1-2H3/p+1. The maximum Gasteiger partial charge on any atom is 0.346 e. The van der Waals surface area contributed by atoms with E-state index in [0.717, 1.165) is 25.2 Å². The van der Waals surface area contributed by atoms with E-state index in [-0.39, 0.29) is 6.54 Å². The SMILES string of the molecule is CCCCCc1n(CC)cc[n+]1CC(=O)O. The Morgan fingerprint density at radius 2 is 2.19 bits per heavy atom. The number of nitrogens with zero attached hydrogens (tertiary/aromatic N) is 2. The van der Waals surface area contributed by atoms with E-state index in [9.17, 15) is 4.79 Å². The second-order valence-corrected chi connectivity index (χ2v) is 3.98.